The summed E-state index contributed by atoms with van der Waals surface area (Å²) in [6, 6.07) is 12.9. The lowest BCUT2D eigenvalue weighted by Crippen LogP contribution is -1.95. The number of aromatic nitrogens is 3. The van der Waals surface area contributed by atoms with Crippen molar-refractivity contribution in [2.24, 2.45) is 0 Å². The summed E-state index contributed by atoms with van der Waals surface area (Å²) in [4.78, 5) is 12.6. The number of aryl methyl sites for hydroxylation is 3. The van der Waals surface area contributed by atoms with Gasteiger partial charge in [-0.3, -0.25) is 4.98 Å². The SMILES string of the molecule is C.C.C.CC.CC.CC.Cc1ccc(C(C)C)cc1.Cc1ccc(C(C)C)nc1.Cc1cnc(C(C)C)nc1. The summed E-state index contributed by atoms with van der Waals surface area (Å²) in [6.07, 6.45) is 5.61. The Bertz CT molecular complexity index is 714. The first-order chi connectivity index (χ1) is 17.1. The van der Waals surface area contributed by atoms with Crippen LogP contribution in [-0.4, -0.2) is 15.0 Å². The maximum atomic E-state index is 4.28. The van der Waals surface area contributed by atoms with Crippen molar-refractivity contribution in [2.45, 2.75) is 144 Å². The van der Waals surface area contributed by atoms with Crippen LogP contribution in [-0.2, 0) is 0 Å². The Hall–Kier alpha value is -2.55. The number of benzene rings is 1. The smallest absolute Gasteiger partial charge is 0.130 e. The highest BCUT2D eigenvalue weighted by Crippen LogP contribution is 2.14. The first kappa shape index (κ1) is 49.4. The van der Waals surface area contributed by atoms with Crippen LogP contribution in [0.15, 0.2) is 55.0 Å². The highest BCUT2D eigenvalue weighted by atomic mass is 14.9. The highest BCUT2D eigenvalue weighted by molar-refractivity contribution is 5.23. The molecule has 0 bridgehead atoms. The van der Waals surface area contributed by atoms with Crippen molar-refractivity contribution < 1.29 is 0 Å². The molecule has 0 aliphatic heterocycles. The first-order valence-corrected chi connectivity index (χ1v) is 13.9. The van der Waals surface area contributed by atoms with E-state index in [9.17, 15) is 0 Å². The number of rotatable bonds is 3. The van der Waals surface area contributed by atoms with Gasteiger partial charge in [0.2, 0.25) is 0 Å². The summed E-state index contributed by atoms with van der Waals surface area (Å²) in [5, 5.41) is 0. The molecule has 0 radical (unpaired) electrons. The second-order valence-electron chi connectivity index (χ2n) is 8.75. The maximum absolute atomic E-state index is 4.28. The van der Waals surface area contributed by atoms with Crippen LogP contribution < -0.4 is 0 Å². The van der Waals surface area contributed by atoms with Crippen LogP contribution in [0, 0.1) is 20.8 Å². The van der Waals surface area contributed by atoms with Crippen molar-refractivity contribution in [3.8, 4) is 0 Å². The Morgan fingerprint density at radius 1 is 0.436 bits per heavy atom. The van der Waals surface area contributed by atoms with E-state index in [0.717, 1.165) is 11.4 Å². The van der Waals surface area contributed by atoms with Gasteiger partial charge < -0.3 is 0 Å². The van der Waals surface area contributed by atoms with Gasteiger partial charge in [-0.2, -0.15) is 0 Å². The summed E-state index contributed by atoms with van der Waals surface area (Å²) in [5.41, 5.74) is 6.27. The molecule has 0 spiro atoms. The molecule has 2 aromatic heterocycles. The Balaban J connectivity index is -0.0000000920. The molecule has 0 fully saturated rings. The van der Waals surface area contributed by atoms with E-state index in [-0.39, 0.29) is 22.3 Å². The van der Waals surface area contributed by atoms with E-state index in [2.05, 4.69) is 107 Å². The summed E-state index contributed by atoms with van der Waals surface area (Å²) in [5.74, 6) is 2.55. The zero-order valence-corrected chi connectivity index (χ0v) is 26.3. The average molecular weight is 544 g/mol. The van der Waals surface area contributed by atoms with Crippen LogP contribution in [0.5, 0.6) is 0 Å². The van der Waals surface area contributed by atoms with E-state index >= 15 is 0 Å². The molecule has 0 aliphatic carbocycles. The monoisotopic (exact) mass is 544 g/mol. The van der Waals surface area contributed by atoms with Crippen molar-refractivity contribution >= 4 is 0 Å². The van der Waals surface area contributed by atoms with Gasteiger partial charge in [-0.25, -0.2) is 9.97 Å². The molecule has 0 aliphatic rings. The molecular weight excluding hydrogens is 474 g/mol. The van der Waals surface area contributed by atoms with E-state index in [1.165, 1.54) is 22.4 Å². The Morgan fingerprint density at radius 3 is 1.13 bits per heavy atom. The van der Waals surface area contributed by atoms with Gasteiger partial charge in [-0.1, -0.05) is 141 Å². The molecule has 0 amide bonds. The Morgan fingerprint density at radius 2 is 0.821 bits per heavy atom. The molecule has 0 saturated heterocycles. The average Bonchev–Trinajstić information content (AvgIpc) is 2.89. The molecule has 0 saturated carbocycles. The van der Waals surface area contributed by atoms with E-state index in [1.807, 2.05) is 67.1 Å². The largest absolute Gasteiger partial charge is 0.261 e. The van der Waals surface area contributed by atoms with Crippen LogP contribution in [0.4, 0.5) is 0 Å². The molecule has 39 heavy (non-hydrogen) atoms. The van der Waals surface area contributed by atoms with E-state index in [4.69, 9.17) is 0 Å². The van der Waals surface area contributed by atoms with Crippen LogP contribution in [0.2, 0.25) is 0 Å². The van der Waals surface area contributed by atoms with Crippen LogP contribution >= 0.6 is 0 Å². The minimum atomic E-state index is 0. The predicted octanol–water partition coefficient (Wildman–Crippen LogP) is 12.5. The number of pyridine rings is 1. The molecular formula is C36H69N3. The molecule has 228 valence electrons. The second kappa shape index (κ2) is 31.7. The lowest BCUT2D eigenvalue weighted by molar-refractivity contribution is 0.771. The zero-order chi connectivity index (χ0) is 28.7. The molecule has 3 aromatic rings. The van der Waals surface area contributed by atoms with Gasteiger partial charge in [0.1, 0.15) is 5.82 Å². The zero-order valence-electron chi connectivity index (χ0n) is 26.3. The Kier molecular flexibility index (Phi) is 40.1. The predicted molar refractivity (Wildman–Crippen MR) is 183 cm³/mol. The normalized spacial score (nSPS) is 8.46. The standard InChI is InChI=1S/C10H14.C9H13N.C8H12N2.3C2H6.3CH4/c1-8(2)10-6-4-9(3)5-7-10;1-7(2)9-5-4-8(3)6-10-9;1-6(2)8-9-4-7(3)5-10-8;3*1-2;;;/h4-8H,1-3H3;4-7H,1-3H3;4-6H,1-3H3;3*1-2H3;3*1H4. The molecule has 0 unspecified atom stereocenters. The molecule has 0 atom stereocenters. The topological polar surface area (TPSA) is 38.7 Å². The van der Waals surface area contributed by atoms with Gasteiger partial charge in [0.05, 0.1) is 0 Å². The van der Waals surface area contributed by atoms with Gasteiger partial charge in [0.15, 0.2) is 0 Å². The molecule has 2 heterocycles. The lowest BCUT2D eigenvalue weighted by atomic mass is 10.0. The van der Waals surface area contributed by atoms with Gasteiger partial charge in [0.25, 0.3) is 0 Å². The van der Waals surface area contributed by atoms with Crippen LogP contribution in [0.1, 0.15) is 157 Å². The minimum Gasteiger partial charge on any atom is -0.261 e. The van der Waals surface area contributed by atoms with Crippen LogP contribution in [0.3, 0.4) is 0 Å². The second-order valence-corrected chi connectivity index (χ2v) is 8.75. The van der Waals surface area contributed by atoms with Gasteiger partial charge in [0, 0.05) is 30.2 Å². The fourth-order valence-corrected chi connectivity index (χ4v) is 2.47. The quantitative estimate of drug-likeness (QED) is 0.330. The fraction of sp³-hybridized carbons (Fsp3) is 0.583. The van der Waals surface area contributed by atoms with Gasteiger partial charge >= 0.3 is 0 Å². The van der Waals surface area contributed by atoms with Crippen molar-refractivity contribution in [2.75, 3.05) is 0 Å². The first-order valence-electron chi connectivity index (χ1n) is 13.9. The third-order valence-corrected chi connectivity index (χ3v) is 4.59. The van der Waals surface area contributed by atoms with Crippen LogP contribution in [0.25, 0.3) is 0 Å². The summed E-state index contributed by atoms with van der Waals surface area (Å²) >= 11 is 0. The van der Waals surface area contributed by atoms with Crippen molar-refractivity contribution in [1.82, 2.24) is 15.0 Å². The Labute approximate surface area is 247 Å². The molecule has 1 aromatic carbocycles. The van der Waals surface area contributed by atoms with E-state index < -0.39 is 0 Å². The minimum absolute atomic E-state index is 0. The van der Waals surface area contributed by atoms with Crippen molar-refractivity contribution in [1.29, 1.82) is 0 Å². The molecule has 3 rings (SSSR count). The lowest BCUT2D eigenvalue weighted by Gasteiger charge is -2.03. The third-order valence-electron chi connectivity index (χ3n) is 4.59. The fourth-order valence-electron chi connectivity index (χ4n) is 2.47. The number of hydrogen-bond donors (Lipinski definition) is 0. The summed E-state index contributed by atoms with van der Waals surface area (Å²) < 4.78 is 0. The molecule has 3 heteroatoms. The molecule has 0 N–H and O–H groups in total. The van der Waals surface area contributed by atoms with Gasteiger partial charge in [-0.15, -0.1) is 0 Å². The summed E-state index contributed by atoms with van der Waals surface area (Å²) in [7, 11) is 0. The van der Waals surface area contributed by atoms with Crippen molar-refractivity contribution in [3.63, 3.8) is 0 Å². The van der Waals surface area contributed by atoms with Crippen molar-refractivity contribution in [3.05, 3.63) is 88.8 Å². The van der Waals surface area contributed by atoms with E-state index in [1.54, 1.807) is 0 Å². The van der Waals surface area contributed by atoms with Gasteiger partial charge in [-0.05, 0) is 55.4 Å². The maximum Gasteiger partial charge on any atom is 0.130 e. The summed E-state index contributed by atoms with van der Waals surface area (Å²) in [6.45, 7) is 31.1. The van der Waals surface area contributed by atoms with E-state index in [0.29, 0.717) is 17.8 Å². The number of nitrogens with zero attached hydrogens (tertiary/aromatic N) is 3. The molecule has 3 nitrogen and oxygen atoms in total. The third kappa shape index (κ3) is 25.5. The highest BCUT2D eigenvalue weighted by Gasteiger charge is 1.99. The number of hydrogen-bond acceptors (Lipinski definition) is 3.